The van der Waals surface area contributed by atoms with Crippen molar-refractivity contribution in [3.8, 4) is 0 Å². The van der Waals surface area contributed by atoms with Crippen LogP contribution in [-0.2, 0) is 0 Å². The lowest BCUT2D eigenvalue weighted by Gasteiger charge is -2.27. The summed E-state index contributed by atoms with van der Waals surface area (Å²) in [5.41, 5.74) is -0.173. The van der Waals surface area contributed by atoms with Crippen LogP contribution in [0.3, 0.4) is 0 Å². The van der Waals surface area contributed by atoms with Gasteiger partial charge in [0.15, 0.2) is 5.78 Å². The topological polar surface area (TPSA) is 40.5 Å². The summed E-state index contributed by atoms with van der Waals surface area (Å²) >= 11 is 0. The first-order valence-corrected chi connectivity index (χ1v) is 7.05. The molecule has 112 valence electrons. The third-order valence-electron chi connectivity index (χ3n) is 3.10. The number of hydrogen-bond donors (Lipinski definition) is 1. The van der Waals surface area contributed by atoms with Crippen LogP contribution < -0.4 is 0 Å². The number of hydrogen-bond acceptors (Lipinski definition) is 3. The lowest BCUT2D eigenvalue weighted by molar-refractivity contribution is 0.0374. The van der Waals surface area contributed by atoms with Gasteiger partial charge in [0.05, 0.1) is 5.60 Å². The van der Waals surface area contributed by atoms with Gasteiger partial charge >= 0.3 is 0 Å². The molecule has 0 saturated heterocycles. The highest BCUT2D eigenvalue weighted by molar-refractivity contribution is 5.95. The van der Waals surface area contributed by atoms with E-state index in [1.807, 2.05) is 6.92 Å². The molecule has 3 nitrogen and oxygen atoms in total. The molecule has 0 fully saturated rings. The smallest absolute Gasteiger partial charge is 0.162 e. The molecule has 0 bridgehead atoms. The van der Waals surface area contributed by atoms with E-state index in [0.29, 0.717) is 18.5 Å². The number of benzene rings is 1. The number of carbonyl (C=O) groups is 1. The Bertz CT molecular complexity index is 423. The summed E-state index contributed by atoms with van der Waals surface area (Å²) in [6.45, 7) is 7.79. The Labute approximate surface area is 120 Å². The molecule has 0 atom stereocenters. The Morgan fingerprint density at radius 2 is 1.90 bits per heavy atom. The molecule has 0 unspecified atom stereocenters. The third kappa shape index (κ3) is 6.26. The molecule has 0 aliphatic carbocycles. The Morgan fingerprint density at radius 3 is 2.40 bits per heavy atom. The van der Waals surface area contributed by atoms with Gasteiger partial charge in [-0.1, -0.05) is 6.92 Å². The molecule has 0 aliphatic rings. The van der Waals surface area contributed by atoms with Gasteiger partial charge in [0, 0.05) is 18.5 Å². The highest BCUT2D eigenvalue weighted by atomic mass is 19.1. The molecule has 0 heterocycles. The van der Waals surface area contributed by atoms with Crippen molar-refractivity contribution >= 4 is 5.78 Å². The Hall–Kier alpha value is -1.26. The van der Waals surface area contributed by atoms with Crippen molar-refractivity contribution in [3.05, 3.63) is 35.6 Å². The van der Waals surface area contributed by atoms with Crippen molar-refractivity contribution in [2.75, 3.05) is 19.6 Å². The molecule has 0 amide bonds. The fourth-order valence-electron chi connectivity index (χ4n) is 2.14. The van der Waals surface area contributed by atoms with Crippen LogP contribution >= 0.6 is 0 Å². The van der Waals surface area contributed by atoms with Gasteiger partial charge in [-0.05, 0) is 57.6 Å². The second kappa shape index (κ2) is 7.50. The summed E-state index contributed by atoms with van der Waals surface area (Å²) in [7, 11) is 0. The van der Waals surface area contributed by atoms with E-state index in [1.165, 1.54) is 24.3 Å². The minimum Gasteiger partial charge on any atom is -0.389 e. The number of nitrogens with zero attached hydrogens (tertiary/aromatic N) is 1. The predicted octanol–water partition coefficient (Wildman–Crippen LogP) is 2.88. The van der Waals surface area contributed by atoms with Crippen LogP contribution in [0.1, 0.15) is 44.0 Å². The molecule has 1 aromatic carbocycles. The summed E-state index contributed by atoms with van der Waals surface area (Å²) in [6, 6.07) is 5.65. The minimum absolute atomic E-state index is 0.0318. The van der Waals surface area contributed by atoms with E-state index in [1.54, 1.807) is 13.8 Å². The number of aliphatic hydroxyl groups is 1. The third-order valence-corrected chi connectivity index (χ3v) is 3.10. The van der Waals surface area contributed by atoms with Gasteiger partial charge in [-0.2, -0.15) is 0 Å². The zero-order valence-electron chi connectivity index (χ0n) is 12.5. The SMILES string of the molecule is CCN(CCCC(=O)c1ccc(F)cc1)CC(C)(C)O. The Balaban J connectivity index is 2.39. The fraction of sp³-hybridized carbons (Fsp3) is 0.562. The van der Waals surface area contributed by atoms with E-state index in [-0.39, 0.29) is 11.6 Å². The van der Waals surface area contributed by atoms with Gasteiger partial charge in [0.2, 0.25) is 0 Å². The molecular weight excluding hydrogens is 257 g/mol. The van der Waals surface area contributed by atoms with Crippen LogP contribution in [0.2, 0.25) is 0 Å². The lowest BCUT2D eigenvalue weighted by atomic mass is 10.1. The average Bonchev–Trinajstić information content (AvgIpc) is 2.36. The number of Topliss-reactive ketones (excluding diaryl/α,β-unsaturated/α-hetero) is 1. The zero-order chi connectivity index (χ0) is 15.2. The van der Waals surface area contributed by atoms with Crippen LogP contribution in [0.25, 0.3) is 0 Å². The Kier molecular flexibility index (Phi) is 6.30. The van der Waals surface area contributed by atoms with Crippen LogP contribution in [0.15, 0.2) is 24.3 Å². The van der Waals surface area contributed by atoms with Crippen LogP contribution in [0, 0.1) is 5.82 Å². The number of halogens is 1. The molecule has 0 aromatic heterocycles. The fourth-order valence-corrected chi connectivity index (χ4v) is 2.14. The zero-order valence-corrected chi connectivity index (χ0v) is 12.5. The average molecular weight is 281 g/mol. The van der Waals surface area contributed by atoms with Crippen molar-refractivity contribution in [2.45, 2.75) is 39.2 Å². The number of carbonyl (C=O) groups excluding carboxylic acids is 1. The van der Waals surface area contributed by atoms with Crippen molar-refractivity contribution in [2.24, 2.45) is 0 Å². The van der Waals surface area contributed by atoms with Gasteiger partial charge in [0.1, 0.15) is 5.82 Å². The maximum Gasteiger partial charge on any atom is 0.162 e. The first kappa shape index (κ1) is 16.8. The summed E-state index contributed by atoms with van der Waals surface area (Å²) in [4.78, 5) is 14.0. The maximum absolute atomic E-state index is 12.8. The summed E-state index contributed by atoms with van der Waals surface area (Å²) < 4.78 is 12.8. The Morgan fingerprint density at radius 1 is 1.30 bits per heavy atom. The van der Waals surface area contributed by atoms with Gasteiger partial charge in [-0.3, -0.25) is 4.79 Å². The van der Waals surface area contributed by atoms with E-state index >= 15 is 0 Å². The van der Waals surface area contributed by atoms with E-state index in [4.69, 9.17) is 0 Å². The number of rotatable bonds is 8. The number of likely N-dealkylation sites (N-methyl/N-ethyl adjacent to an activating group) is 1. The molecule has 0 aliphatic heterocycles. The van der Waals surface area contributed by atoms with E-state index in [2.05, 4.69) is 4.90 Å². The van der Waals surface area contributed by atoms with Gasteiger partial charge < -0.3 is 10.0 Å². The minimum atomic E-state index is -0.725. The van der Waals surface area contributed by atoms with E-state index in [0.717, 1.165) is 19.5 Å². The molecule has 1 aromatic rings. The van der Waals surface area contributed by atoms with E-state index < -0.39 is 5.60 Å². The highest BCUT2D eigenvalue weighted by Gasteiger charge is 2.17. The molecule has 0 saturated carbocycles. The molecular formula is C16H24FNO2. The monoisotopic (exact) mass is 281 g/mol. The second-order valence-electron chi connectivity index (χ2n) is 5.71. The second-order valence-corrected chi connectivity index (χ2v) is 5.71. The van der Waals surface area contributed by atoms with E-state index in [9.17, 15) is 14.3 Å². The van der Waals surface area contributed by atoms with Crippen molar-refractivity contribution in [1.82, 2.24) is 4.90 Å². The molecule has 0 spiro atoms. The molecule has 1 N–H and O–H groups in total. The van der Waals surface area contributed by atoms with Crippen LogP contribution in [0.4, 0.5) is 4.39 Å². The summed E-state index contributed by atoms with van der Waals surface area (Å²) in [5, 5.41) is 9.79. The van der Waals surface area contributed by atoms with Gasteiger partial charge in [-0.15, -0.1) is 0 Å². The molecule has 4 heteroatoms. The largest absolute Gasteiger partial charge is 0.389 e. The molecule has 20 heavy (non-hydrogen) atoms. The first-order valence-electron chi connectivity index (χ1n) is 7.05. The lowest BCUT2D eigenvalue weighted by Crippen LogP contribution is -2.39. The standard InChI is InChI=1S/C16H24FNO2/c1-4-18(12-16(2,3)20)11-5-6-15(19)13-7-9-14(17)10-8-13/h7-10,20H,4-6,11-12H2,1-3H3. The normalized spacial score (nSPS) is 11.9. The van der Waals surface area contributed by atoms with Gasteiger partial charge in [-0.25, -0.2) is 4.39 Å². The van der Waals surface area contributed by atoms with Crippen LogP contribution in [-0.4, -0.2) is 41.0 Å². The molecule has 1 rings (SSSR count). The summed E-state index contributed by atoms with van der Waals surface area (Å²) in [6.07, 6.45) is 1.17. The van der Waals surface area contributed by atoms with Crippen molar-refractivity contribution < 1.29 is 14.3 Å². The maximum atomic E-state index is 12.8. The highest BCUT2D eigenvalue weighted by Crippen LogP contribution is 2.09. The van der Waals surface area contributed by atoms with Crippen LogP contribution in [0.5, 0.6) is 0 Å². The number of ketones is 1. The van der Waals surface area contributed by atoms with Gasteiger partial charge in [0.25, 0.3) is 0 Å². The van der Waals surface area contributed by atoms with Crippen molar-refractivity contribution in [3.63, 3.8) is 0 Å². The molecule has 0 radical (unpaired) electrons. The van der Waals surface area contributed by atoms with Crippen molar-refractivity contribution in [1.29, 1.82) is 0 Å². The quantitative estimate of drug-likeness (QED) is 0.745. The first-order chi connectivity index (χ1) is 9.31. The summed E-state index contributed by atoms with van der Waals surface area (Å²) in [5.74, 6) is -0.298. The predicted molar refractivity (Wildman–Crippen MR) is 78.4 cm³/mol.